The van der Waals surface area contributed by atoms with Gasteiger partial charge in [0.05, 0.1) is 1.28 Å². The number of hydrogen-bond donors (Lipinski definition) is 0. The van der Waals surface area contributed by atoms with Crippen LogP contribution < -0.4 is 0 Å². The fraction of sp³-hybridized carbons (Fsp3) is 0. The second-order valence-electron chi connectivity index (χ2n) is 1.92. The summed E-state index contributed by atoms with van der Waals surface area (Å²) in [6.45, 7) is -0.361. The molecule has 0 aliphatic carbocycles. The van der Waals surface area contributed by atoms with E-state index in [-0.39, 0.29) is 34.9 Å². The van der Waals surface area contributed by atoms with Gasteiger partial charge >= 0.3 is 0 Å². The van der Waals surface area contributed by atoms with E-state index in [0.717, 1.165) is 7.96 Å². The van der Waals surface area contributed by atoms with Crippen LogP contribution in [-0.2, 0) is 0 Å². The molecule has 0 aromatic rings. The molecular weight excluding hydrogens is 434 g/mol. The van der Waals surface area contributed by atoms with Crippen molar-refractivity contribution < 1.29 is 0 Å². The Labute approximate surface area is 114 Å². The molecule has 0 aliphatic rings. The van der Waals surface area contributed by atoms with Crippen LogP contribution in [0.2, 0.25) is 0 Å². The molecule has 14 heteroatoms. The van der Waals surface area contributed by atoms with Gasteiger partial charge in [0.15, 0.2) is 0 Å². The maximum absolute atomic E-state index is 8.56. The highest BCUT2D eigenvalue weighted by molar-refractivity contribution is 9.19. The van der Waals surface area contributed by atoms with Crippen LogP contribution in [-0.4, -0.2) is 1.28 Å². The molecule has 0 amide bonds. The Bertz CT molecular complexity index is 153. The average molecular weight is 451 g/mol. The van der Waals surface area contributed by atoms with Crippen LogP contribution in [0.3, 0.4) is 0 Å². The Hall–Kier alpha value is 6.02. The van der Waals surface area contributed by atoms with Gasteiger partial charge in [-0.1, -0.05) is 15.9 Å². The summed E-state index contributed by atoms with van der Waals surface area (Å²) < 4.78 is 8.56. The van der Waals surface area contributed by atoms with E-state index in [1.807, 2.05) is 0 Å². The SMILES string of the molecule is [2H]P(P(PP)P(P)P)P(P(P)P)P(P)P. The van der Waals surface area contributed by atoms with Crippen LogP contribution in [0.25, 0.3) is 0 Å². The zero-order valence-electron chi connectivity index (χ0n) is 8.22. The van der Waals surface area contributed by atoms with Gasteiger partial charge < -0.3 is 0 Å². The Morgan fingerprint density at radius 3 is 1.50 bits per heavy atom. The maximum Gasteiger partial charge on any atom is 0.0689 e. The minimum Gasteiger partial charge on any atom is -0.109 e. The van der Waals surface area contributed by atoms with Crippen molar-refractivity contribution in [3.05, 3.63) is 0 Å². The van der Waals surface area contributed by atoms with Gasteiger partial charge in [-0.3, -0.25) is 0 Å². The predicted molar refractivity (Wildman–Crippen MR) is 119 cm³/mol. The first-order valence-electron chi connectivity index (χ1n) is 3.51. The minimum absolute atomic E-state index is 0.0545. The summed E-state index contributed by atoms with van der Waals surface area (Å²) in [6.07, 6.45) is 0. The first-order valence-corrected chi connectivity index (χ1v) is 27.6. The third-order valence-corrected chi connectivity index (χ3v) is 73.9. The van der Waals surface area contributed by atoms with E-state index in [2.05, 4.69) is 62.5 Å². The number of rotatable bonds is 6. The van der Waals surface area contributed by atoms with E-state index >= 15 is 0 Å². The Kier molecular flexibility index (Phi) is 15.0. The Morgan fingerprint density at radius 2 is 1.29 bits per heavy atom. The van der Waals surface area contributed by atoms with Crippen LogP contribution in [0.5, 0.6) is 0 Å². The molecule has 0 aromatic heterocycles. The summed E-state index contributed by atoms with van der Waals surface area (Å²) >= 11 is 0. The minimum atomic E-state index is -0.493. The molecule has 0 aromatic carbocycles. The van der Waals surface area contributed by atoms with Gasteiger partial charge in [0.2, 0.25) is 0 Å². The van der Waals surface area contributed by atoms with Gasteiger partial charge in [-0.15, -0.1) is 62.5 Å². The third kappa shape index (κ3) is 9.05. The maximum atomic E-state index is 8.56. The summed E-state index contributed by atoms with van der Waals surface area (Å²) in [5.74, 6) is 0. The van der Waals surface area contributed by atoms with Crippen LogP contribution in [0.4, 0.5) is 0 Å². The molecule has 10 unspecified atom stereocenters. The second kappa shape index (κ2) is 11.7. The second-order valence-corrected chi connectivity index (χ2v) is 51.7. The third-order valence-electron chi connectivity index (χ3n) is 0.912. The Morgan fingerprint density at radius 1 is 0.857 bits per heavy atom. The fourth-order valence-electron chi connectivity index (χ4n) is 0.426. The summed E-state index contributed by atoms with van der Waals surface area (Å²) in [7, 11) is 21.0. The lowest BCUT2D eigenvalue weighted by molar-refractivity contribution is 4.66. The number of hydrogen-bond acceptors (Lipinski definition) is 0. The normalized spacial score (nSPS) is 18.9. The van der Waals surface area contributed by atoms with Crippen molar-refractivity contribution in [3.63, 3.8) is 0 Å². The van der Waals surface area contributed by atoms with E-state index < -0.39 is 7.90 Å². The van der Waals surface area contributed by atoms with Gasteiger partial charge in [0.1, 0.15) is 0 Å². The summed E-state index contributed by atoms with van der Waals surface area (Å²) in [5.41, 5.74) is 0. The average Bonchev–Trinajstić information content (AvgIpc) is 2.02. The molecule has 0 heterocycles. The van der Waals surface area contributed by atoms with Crippen LogP contribution in [0.15, 0.2) is 0 Å². The predicted octanol–water partition coefficient (Wildman–Crippen LogP) is 7.77. The van der Waals surface area contributed by atoms with E-state index in [1.165, 1.54) is 0 Å². The zero-order valence-corrected chi connectivity index (χ0v) is 21.7. The summed E-state index contributed by atoms with van der Waals surface area (Å²) in [4.78, 5) is 0. The molecular formula is H16P14. The highest BCUT2D eigenvalue weighted by atomic mass is 33.2. The zero-order chi connectivity index (χ0) is 12.2. The highest BCUT2D eigenvalue weighted by Gasteiger charge is 2.23. The Balaban J connectivity index is 4.67. The molecule has 0 fully saturated rings. The molecule has 0 spiro atoms. The topological polar surface area (TPSA) is 0 Å². The smallest absolute Gasteiger partial charge is 0.0689 e. The first-order chi connectivity index (χ1) is 6.82. The molecule has 14 heavy (non-hydrogen) atoms. The van der Waals surface area contributed by atoms with Crippen molar-refractivity contribution >= 4 is 113 Å². The van der Waals surface area contributed by atoms with Crippen molar-refractivity contribution in [1.82, 2.24) is 0 Å². The molecule has 0 nitrogen and oxygen atoms in total. The molecule has 86 valence electrons. The quantitative estimate of drug-likeness (QED) is 0.362. The molecule has 0 aliphatic heterocycles. The van der Waals surface area contributed by atoms with Gasteiger partial charge in [-0.25, -0.2) is 0 Å². The largest absolute Gasteiger partial charge is 0.109 e. The standard InChI is InChI=1S/H16P14/c1-8-13(10(2)3)9-14(11(4)5)12(6)7/h8-9H,1-7H2/i9D. The lowest BCUT2D eigenvalue weighted by atomic mass is 28.7. The van der Waals surface area contributed by atoms with Gasteiger partial charge in [0.25, 0.3) is 0 Å². The van der Waals surface area contributed by atoms with Crippen LogP contribution >= 0.6 is 113 Å². The van der Waals surface area contributed by atoms with Gasteiger partial charge in [0, 0.05) is 0 Å². The highest BCUT2D eigenvalue weighted by Crippen LogP contribution is 3.13. The fourth-order valence-corrected chi connectivity index (χ4v) is 104. The van der Waals surface area contributed by atoms with Crippen molar-refractivity contribution in [3.8, 4) is 0 Å². The van der Waals surface area contributed by atoms with Crippen molar-refractivity contribution in [2.24, 2.45) is 0 Å². The molecule has 0 saturated heterocycles. The first kappa shape index (κ1) is 18.1. The molecule has 0 saturated carbocycles. The lowest BCUT2D eigenvalue weighted by Crippen LogP contribution is -1.40. The van der Waals surface area contributed by atoms with E-state index in [9.17, 15) is 0 Å². The monoisotopic (exact) mass is 451 g/mol. The molecule has 0 radical (unpaired) electrons. The molecule has 0 N–H and O–H groups in total. The lowest BCUT2D eigenvalue weighted by Gasteiger charge is -2.30. The van der Waals surface area contributed by atoms with Crippen LogP contribution in [0.1, 0.15) is 0 Å². The van der Waals surface area contributed by atoms with E-state index in [4.69, 9.17) is 1.28 Å². The summed E-state index contributed by atoms with van der Waals surface area (Å²) in [5, 5.41) is 0. The van der Waals surface area contributed by atoms with E-state index in [1.54, 1.807) is 0 Å². The van der Waals surface area contributed by atoms with E-state index in [0.29, 0.717) is 0 Å². The summed E-state index contributed by atoms with van der Waals surface area (Å²) in [6, 6.07) is 0. The van der Waals surface area contributed by atoms with Gasteiger partial charge in [-0.2, -0.15) is 0 Å². The molecule has 10 atom stereocenters. The molecule has 0 bridgehead atoms. The van der Waals surface area contributed by atoms with Crippen LogP contribution in [0, 0.1) is 0 Å². The van der Waals surface area contributed by atoms with Gasteiger partial charge in [-0.05, 0) is 34.9 Å². The van der Waals surface area contributed by atoms with Crippen molar-refractivity contribution in [2.75, 3.05) is 0 Å². The molecule has 0 rings (SSSR count). The van der Waals surface area contributed by atoms with Crippen molar-refractivity contribution in [1.29, 1.82) is 1.28 Å². The van der Waals surface area contributed by atoms with Crippen molar-refractivity contribution in [2.45, 2.75) is 0 Å².